The maximum absolute atomic E-state index is 11.9. The molecular weight excluding hydrogens is 332 g/mol. The van der Waals surface area contributed by atoms with Crippen molar-refractivity contribution in [1.29, 1.82) is 0 Å². The van der Waals surface area contributed by atoms with E-state index in [9.17, 15) is 4.79 Å². The van der Waals surface area contributed by atoms with E-state index in [1.165, 1.54) is 6.07 Å². The summed E-state index contributed by atoms with van der Waals surface area (Å²) in [5, 5.41) is 4.10. The number of ether oxygens (including phenoxy) is 2. The Bertz CT molecular complexity index is 948. The first kappa shape index (κ1) is 17.2. The van der Waals surface area contributed by atoms with Crippen LogP contribution in [0.3, 0.4) is 0 Å². The number of hydrogen-bond acceptors (Lipinski definition) is 6. The van der Waals surface area contributed by atoms with Crippen molar-refractivity contribution in [2.45, 2.75) is 0 Å². The monoisotopic (exact) mass is 350 g/mol. The fraction of sp³-hybridized carbons (Fsp3) is 0.105. The second-order valence-electron chi connectivity index (χ2n) is 5.35. The Morgan fingerprint density at radius 1 is 1.00 bits per heavy atom. The van der Waals surface area contributed by atoms with E-state index in [2.05, 4.69) is 20.5 Å². The van der Waals surface area contributed by atoms with Gasteiger partial charge in [0.05, 0.1) is 26.1 Å². The van der Waals surface area contributed by atoms with Gasteiger partial charge in [0.1, 0.15) is 11.5 Å². The van der Waals surface area contributed by atoms with Gasteiger partial charge in [-0.1, -0.05) is 0 Å². The third-order valence-corrected chi connectivity index (χ3v) is 3.63. The van der Waals surface area contributed by atoms with Crippen LogP contribution in [-0.4, -0.2) is 30.4 Å². The van der Waals surface area contributed by atoms with Crippen LogP contribution in [0.1, 0.15) is 5.56 Å². The zero-order valence-electron chi connectivity index (χ0n) is 14.4. The normalized spacial score (nSPS) is 10.7. The van der Waals surface area contributed by atoms with Crippen LogP contribution in [0.2, 0.25) is 0 Å². The molecule has 0 aliphatic heterocycles. The van der Waals surface area contributed by atoms with Gasteiger partial charge in [0.2, 0.25) is 5.95 Å². The van der Waals surface area contributed by atoms with Gasteiger partial charge >= 0.3 is 0 Å². The van der Waals surface area contributed by atoms with Gasteiger partial charge in [0.25, 0.3) is 5.56 Å². The van der Waals surface area contributed by atoms with Crippen LogP contribution < -0.4 is 20.5 Å². The van der Waals surface area contributed by atoms with Crippen molar-refractivity contribution in [2.24, 2.45) is 5.10 Å². The topological polar surface area (TPSA) is 88.6 Å². The molecule has 0 amide bonds. The average molecular weight is 350 g/mol. The first-order valence-corrected chi connectivity index (χ1v) is 7.87. The lowest BCUT2D eigenvalue weighted by Crippen LogP contribution is -2.10. The summed E-state index contributed by atoms with van der Waals surface area (Å²) in [5.74, 6) is 1.77. The summed E-state index contributed by atoms with van der Waals surface area (Å²) < 4.78 is 10.2. The second kappa shape index (κ2) is 7.98. The van der Waals surface area contributed by atoms with E-state index >= 15 is 0 Å². The predicted octanol–water partition coefficient (Wildman–Crippen LogP) is 2.90. The maximum atomic E-state index is 11.9. The third kappa shape index (κ3) is 4.27. The molecule has 7 nitrogen and oxygen atoms in total. The lowest BCUT2D eigenvalue weighted by Gasteiger charge is -2.05. The second-order valence-corrected chi connectivity index (χ2v) is 5.35. The van der Waals surface area contributed by atoms with Crippen LogP contribution in [0, 0.1) is 0 Å². The Kier molecular flexibility index (Phi) is 5.28. The third-order valence-electron chi connectivity index (χ3n) is 3.63. The number of nitrogens with one attached hydrogen (secondary N) is 2. The van der Waals surface area contributed by atoms with Crippen molar-refractivity contribution in [2.75, 3.05) is 19.6 Å². The Labute approximate surface area is 150 Å². The molecule has 0 unspecified atom stereocenters. The van der Waals surface area contributed by atoms with Crippen LogP contribution in [0.4, 0.5) is 5.95 Å². The SMILES string of the molecule is COc1ccc(/C=N\Nc2nc(-c3ccc(OC)cc3)cc(=O)[nH]2)cc1. The number of aromatic amines is 1. The van der Waals surface area contributed by atoms with Gasteiger partial charge in [0, 0.05) is 11.6 Å². The van der Waals surface area contributed by atoms with Crippen molar-refractivity contribution in [3.63, 3.8) is 0 Å². The molecule has 132 valence electrons. The zero-order chi connectivity index (χ0) is 18.4. The maximum Gasteiger partial charge on any atom is 0.252 e. The molecule has 7 heteroatoms. The molecular formula is C19H18N4O3. The summed E-state index contributed by atoms with van der Waals surface area (Å²) in [6, 6.07) is 16.1. The molecule has 0 saturated heterocycles. The molecule has 1 heterocycles. The minimum Gasteiger partial charge on any atom is -0.497 e. The van der Waals surface area contributed by atoms with Crippen LogP contribution in [0.5, 0.6) is 11.5 Å². The smallest absolute Gasteiger partial charge is 0.252 e. The highest BCUT2D eigenvalue weighted by atomic mass is 16.5. The Balaban J connectivity index is 1.76. The van der Waals surface area contributed by atoms with E-state index in [0.717, 1.165) is 22.6 Å². The number of rotatable bonds is 6. The van der Waals surface area contributed by atoms with Crippen molar-refractivity contribution in [3.05, 3.63) is 70.5 Å². The molecule has 3 rings (SSSR count). The van der Waals surface area contributed by atoms with E-state index in [1.807, 2.05) is 48.5 Å². The fourth-order valence-electron chi connectivity index (χ4n) is 2.28. The van der Waals surface area contributed by atoms with Gasteiger partial charge in [-0.05, 0) is 54.1 Å². The number of benzene rings is 2. The molecule has 0 bridgehead atoms. The van der Waals surface area contributed by atoms with E-state index < -0.39 is 0 Å². The van der Waals surface area contributed by atoms with E-state index in [1.54, 1.807) is 20.4 Å². The number of aromatic nitrogens is 2. The first-order chi connectivity index (χ1) is 12.7. The highest BCUT2D eigenvalue weighted by molar-refractivity contribution is 5.80. The number of hydrogen-bond donors (Lipinski definition) is 2. The molecule has 0 atom stereocenters. The summed E-state index contributed by atoms with van der Waals surface area (Å²) in [7, 11) is 3.21. The van der Waals surface area contributed by atoms with Crippen molar-refractivity contribution in [3.8, 4) is 22.8 Å². The standard InChI is InChI=1S/C19H18N4O3/c1-25-15-7-3-13(4-8-15)12-20-23-19-21-17(11-18(24)22-19)14-5-9-16(26-2)10-6-14/h3-12H,1-2H3,(H2,21,22,23,24)/b20-12-. The van der Waals surface area contributed by atoms with Gasteiger partial charge in [-0.2, -0.15) is 5.10 Å². The van der Waals surface area contributed by atoms with Crippen LogP contribution in [0.25, 0.3) is 11.3 Å². The van der Waals surface area contributed by atoms with Gasteiger partial charge in [0.15, 0.2) is 0 Å². The van der Waals surface area contributed by atoms with Crippen molar-refractivity contribution in [1.82, 2.24) is 9.97 Å². The highest BCUT2D eigenvalue weighted by Crippen LogP contribution is 2.20. The summed E-state index contributed by atoms with van der Waals surface area (Å²) in [5.41, 5.74) is 4.70. The average Bonchev–Trinajstić information content (AvgIpc) is 2.68. The Hall–Kier alpha value is -3.61. The van der Waals surface area contributed by atoms with Crippen LogP contribution in [-0.2, 0) is 0 Å². The molecule has 2 aromatic carbocycles. The minimum atomic E-state index is -0.270. The first-order valence-electron chi connectivity index (χ1n) is 7.87. The van der Waals surface area contributed by atoms with Crippen LogP contribution in [0.15, 0.2) is 64.5 Å². The largest absolute Gasteiger partial charge is 0.497 e. The predicted molar refractivity (Wildman–Crippen MR) is 101 cm³/mol. The highest BCUT2D eigenvalue weighted by Gasteiger charge is 2.04. The molecule has 1 aromatic heterocycles. The van der Waals surface area contributed by atoms with E-state index in [-0.39, 0.29) is 11.5 Å². The Morgan fingerprint density at radius 2 is 1.62 bits per heavy atom. The lowest BCUT2D eigenvalue weighted by molar-refractivity contribution is 0.414. The molecule has 0 spiro atoms. The number of H-pyrrole nitrogens is 1. The summed E-state index contributed by atoms with van der Waals surface area (Å²) >= 11 is 0. The molecule has 3 aromatic rings. The van der Waals surface area contributed by atoms with Gasteiger partial charge < -0.3 is 9.47 Å². The van der Waals surface area contributed by atoms with Gasteiger partial charge in [-0.3, -0.25) is 9.78 Å². The fourth-order valence-corrected chi connectivity index (χ4v) is 2.28. The number of hydrazone groups is 1. The molecule has 26 heavy (non-hydrogen) atoms. The summed E-state index contributed by atoms with van der Waals surface area (Å²) in [6.07, 6.45) is 1.62. The Morgan fingerprint density at radius 3 is 2.23 bits per heavy atom. The molecule has 0 fully saturated rings. The molecule has 0 aliphatic rings. The number of methoxy groups -OCH3 is 2. The van der Waals surface area contributed by atoms with Gasteiger partial charge in [-0.25, -0.2) is 10.4 Å². The van der Waals surface area contributed by atoms with Crippen molar-refractivity contribution >= 4 is 12.2 Å². The van der Waals surface area contributed by atoms with Gasteiger partial charge in [-0.15, -0.1) is 0 Å². The van der Waals surface area contributed by atoms with E-state index in [0.29, 0.717) is 5.69 Å². The zero-order valence-corrected chi connectivity index (χ0v) is 14.4. The summed E-state index contributed by atoms with van der Waals surface area (Å²) in [6.45, 7) is 0. The van der Waals surface area contributed by atoms with Crippen LogP contribution >= 0.6 is 0 Å². The number of anilines is 1. The van der Waals surface area contributed by atoms with Crippen molar-refractivity contribution < 1.29 is 9.47 Å². The number of nitrogens with zero attached hydrogens (tertiary/aromatic N) is 2. The minimum absolute atomic E-state index is 0.257. The molecule has 0 aliphatic carbocycles. The summed E-state index contributed by atoms with van der Waals surface area (Å²) in [4.78, 5) is 18.9. The molecule has 2 N–H and O–H groups in total. The molecule has 0 saturated carbocycles. The quantitative estimate of drug-likeness (QED) is 0.527. The molecule has 0 radical (unpaired) electrons. The lowest BCUT2D eigenvalue weighted by atomic mass is 10.1. The van der Waals surface area contributed by atoms with E-state index in [4.69, 9.17) is 9.47 Å².